The first-order valence-electron chi connectivity index (χ1n) is 4.87. The van der Waals surface area contributed by atoms with Crippen molar-refractivity contribution in [1.82, 2.24) is 0 Å². The summed E-state index contributed by atoms with van der Waals surface area (Å²) in [5.74, 6) is 0.876. The second-order valence-corrected chi connectivity index (χ2v) is 4.09. The summed E-state index contributed by atoms with van der Waals surface area (Å²) in [7, 11) is 0. The van der Waals surface area contributed by atoms with Gasteiger partial charge in [0.25, 0.3) is 0 Å². The van der Waals surface area contributed by atoms with Gasteiger partial charge in [0, 0.05) is 11.4 Å². The Hall–Kier alpha value is -1.32. The van der Waals surface area contributed by atoms with Gasteiger partial charge in [-0.15, -0.1) is 11.3 Å². The SMILES string of the molecule is NCCOc1ccc(-c2cccs2)cc1. The Labute approximate surface area is 93.3 Å². The van der Waals surface area contributed by atoms with Gasteiger partial charge < -0.3 is 10.5 Å². The van der Waals surface area contributed by atoms with Crippen molar-refractivity contribution in [3.8, 4) is 16.2 Å². The average Bonchev–Trinajstić information content (AvgIpc) is 2.80. The molecule has 2 N–H and O–H groups in total. The first-order chi connectivity index (χ1) is 7.40. The molecule has 0 aliphatic heterocycles. The molecule has 0 radical (unpaired) electrons. The highest BCUT2D eigenvalue weighted by atomic mass is 32.1. The lowest BCUT2D eigenvalue weighted by Crippen LogP contribution is -2.10. The van der Waals surface area contributed by atoms with E-state index in [0.717, 1.165) is 5.75 Å². The first-order valence-corrected chi connectivity index (χ1v) is 5.75. The van der Waals surface area contributed by atoms with Gasteiger partial charge in [-0.05, 0) is 41.3 Å². The van der Waals surface area contributed by atoms with Crippen molar-refractivity contribution >= 4 is 11.3 Å². The van der Waals surface area contributed by atoms with Crippen LogP contribution in [0.2, 0.25) is 0 Å². The number of hydrogen-bond acceptors (Lipinski definition) is 3. The molecule has 1 aromatic heterocycles. The van der Waals surface area contributed by atoms with Crippen LogP contribution >= 0.6 is 11.3 Å². The Kier molecular flexibility index (Phi) is 3.37. The number of nitrogens with two attached hydrogens (primary N) is 1. The quantitative estimate of drug-likeness (QED) is 0.858. The normalized spacial score (nSPS) is 10.2. The van der Waals surface area contributed by atoms with Crippen LogP contribution in [0, 0.1) is 0 Å². The summed E-state index contributed by atoms with van der Waals surface area (Å²) < 4.78 is 5.41. The molecule has 0 spiro atoms. The monoisotopic (exact) mass is 219 g/mol. The average molecular weight is 219 g/mol. The van der Waals surface area contributed by atoms with Gasteiger partial charge in [0.2, 0.25) is 0 Å². The summed E-state index contributed by atoms with van der Waals surface area (Å²) in [6, 6.07) is 12.3. The highest BCUT2D eigenvalue weighted by Gasteiger charge is 1.98. The summed E-state index contributed by atoms with van der Waals surface area (Å²) in [6.07, 6.45) is 0. The number of benzene rings is 1. The van der Waals surface area contributed by atoms with Gasteiger partial charge >= 0.3 is 0 Å². The summed E-state index contributed by atoms with van der Waals surface area (Å²) >= 11 is 1.74. The molecule has 0 saturated heterocycles. The van der Waals surface area contributed by atoms with Crippen molar-refractivity contribution in [2.24, 2.45) is 5.73 Å². The van der Waals surface area contributed by atoms with Crippen molar-refractivity contribution in [3.05, 3.63) is 41.8 Å². The number of thiophene rings is 1. The third kappa shape index (κ3) is 2.58. The van der Waals surface area contributed by atoms with Gasteiger partial charge in [-0.25, -0.2) is 0 Å². The van der Waals surface area contributed by atoms with Crippen LogP contribution < -0.4 is 10.5 Å². The van der Waals surface area contributed by atoms with Crippen molar-refractivity contribution in [1.29, 1.82) is 0 Å². The molecule has 0 fully saturated rings. The van der Waals surface area contributed by atoms with Gasteiger partial charge in [0.05, 0.1) is 0 Å². The van der Waals surface area contributed by atoms with E-state index in [4.69, 9.17) is 10.5 Å². The summed E-state index contributed by atoms with van der Waals surface area (Å²) in [4.78, 5) is 1.28. The molecule has 0 amide bonds. The minimum absolute atomic E-state index is 0.548. The van der Waals surface area contributed by atoms with Crippen molar-refractivity contribution in [3.63, 3.8) is 0 Å². The fraction of sp³-hybridized carbons (Fsp3) is 0.167. The van der Waals surface area contributed by atoms with Gasteiger partial charge in [0.1, 0.15) is 12.4 Å². The smallest absolute Gasteiger partial charge is 0.119 e. The van der Waals surface area contributed by atoms with E-state index in [-0.39, 0.29) is 0 Å². The molecule has 3 heteroatoms. The second kappa shape index (κ2) is 4.96. The largest absolute Gasteiger partial charge is 0.492 e. The third-order valence-electron chi connectivity index (χ3n) is 2.05. The molecule has 2 nitrogen and oxygen atoms in total. The Morgan fingerprint density at radius 3 is 2.53 bits per heavy atom. The zero-order chi connectivity index (χ0) is 10.5. The zero-order valence-corrected chi connectivity index (χ0v) is 9.17. The van der Waals surface area contributed by atoms with E-state index in [1.807, 2.05) is 12.1 Å². The highest BCUT2D eigenvalue weighted by Crippen LogP contribution is 2.26. The van der Waals surface area contributed by atoms with E-state index < -0.39 is 0 Å². The molecule has 0 aliphatic rings. The van der Waals surface area contributed by atoms with Crippen LogP contribution in [0.3, 0.4) is 0 Å². The predicted molar refractivity (Wildman–Crippen MR) is 64.3 cm³/mol. The topological polar surface area (TPSA) is 35.2 Å². The van der Waals surface area contributed by atoms with E-state index >= 15 is 0 Å². The van der Waals surface area contributed by atoms with E-state index in [0.29, 0.717) is 13.2 Å². The Balaban J connectivity index is 2.11. The van der Waals surface area contributed by atoms with Crippen LogP contribution in [0.5, 0.6) is 5.75 Å². The summed E-state index contributed by atoms with van der Waals surface area (Å²) in [6.45, 7) is 1.12. The lowest BCUT2D eigenvalue weighted by Gasteiger charge is -2.04. The lowest BCUT2D eigenvalue weighted by molar-refractivity contribution is 0.328. The predicted octanol–water partition coefficient (Wildman–Crippen LogP) is 2.75. The van der Waals surface area contributed by atoms with Crippen molar-refractivity contribution in [2.45, 2.75) is 0 Å². The van der Waals surface area contributed by atoms with Gasteiger partial charge in [0.15, 0.2) is 0 Å². The standard InChI is InChI=1S/C12H13NOS/c13-7-8-14-11-5-3-10(4-6-11)12-2-1-9-15-12/h1-6,9H,7-8,13H2. The molecule has 2 rings (SSSR count). The number of rotatable bonds is 4. The Bertz CT molecular complexity index is 394. The van der Waals surface area contributed by atoms with E-state index in [1.165, 1.54) is 10.4 Å². The molecule has 15 heavy (non-hydrogen) atoms. The molecule has 0 atom stereocenters. The molecule has 0 saturated carbocycles. The molecular weight excluding hydrogens is 206 g/mol. The van der Waals surface area contributed by atoms with Crippen molar-refractivity contribution in [2.75, 3.05) is 13.2 Å². The van der Waals surface area contributed by atoms with Gasteiger partial charge in [-0.2, -0.15) is 0 Å². The van der Waals surface area contributed by atoms with E-state index in [1.54, 1.807) is 11.3 Å². The first kappa shape index (κ1) is 10.2. The third-order valence-corrected chi connectivity index (χ3v) is 2.97. The summed E-state index contributed by atoms with van der Waals surface area (Å²) in [5, 5.41) is 2.08. The molecule has 1 heterocycles. The maximum Gasteiger partial charge on any atom is 0.119 e. The minimum atomic E-state index is 0.548. The molecular formula is C12H13NOS. The second-order valence-electron chi connectivity index (χ2n) is 3.14. The Morgan fingerprint density at radius 1 is 1.13 bits per heavy atom. The van der Waals surface area contributed by atoms with Crippen LogP contribution in [-0.4, -0.2) is 13.2 Å². The molecule has 0 aliphatic carbocycles. The summed E-state index contributed by atoms with van der Waals surface area (Å²) in [5.41, 5.74) is 6.59. The Morgan fingerprint density at radius 2 is 1.93 bits per heavy atom. The van der Waals surface area contributed by atoms with Crippen LogP contribution in [0.15, 0.2) is 41.8 Å². The van der Waals surface area contributed by atoms with Gasteiger partial charge in [-0.3, -0.25) is 0 Å². The maximum atomic E-state index is 5.41. The molecule has 0 unspecified atom stereocenters. The maximum absolute atomic E-state index is 5.41. The lowest BCUT2D eigenvalue weighted by atomic mass is 10.2. The molecule has 1 aromatic carbocycles. The molecule has 78 valence electrons. The van der Waals surface area contributed by atoms with E-state index in [9.17, 15) is 0 Å². The van der Waals surface area contributed by atoms with E-state index in [2.05, 4.69) is 29.6 Å². The molecule has 2 aromatic rings. The minimum Gasteiger partial charge on any atom is -0.492 e. The zero-order valence-electron chi connectivity index (χ0n) is 8.35. The van der Waals surface area contributed by atoms with Crippen LogP contribution in [0.25, 0.3) is 10.4 Å². The fourth-order valence-corrected chi connectivity index (χ4v) is 2.07. The molecule has 0 bridgehead atoms. The van der Waals surface area contributed by atoms with Crippen LogP contribution in [0.1, 0.15) is 0 Å². The fourth-order valence-electron chi connectivity index (χ4n) is 1.34. The van der Waals surface area contributed by atoms with Crippen LogP contribution in [0.4, 0.5) is 0 Å². The number of hydrogen-bond donors (Lipinski definition) is 1. The highest BCUT2D eigenvalue weighted by molar-refractivity contribution is 7.13. The van der Waals surface area contributed by atoms with Gasteiger partial charge in [-0.1, -0.05) is 6.07 Å². The van der Waals surface area contributed by atoms with Crippen LogP contribution in [-0.2, 0) is 0 Å². The van der Waals surface area contributed by atoms with Crippen molar-refractivity contribution < 1.29 is 4.74 Å². The number of ether oxygens (including phenoxy) is 1.